The molecule has 0 atom stereocenters. The summed E-state index contributed by atoms with van der Waals surface area (Å²) in [6.07, 6.45) is 3.92. The average Bonchev–Trinajstić information content (AvgIpc) is 2.64. The summed E-state index contributed by atoms with van der Waals surface area (Å²) in [6, 6.07) is 20.2. The summed E-state index contributed by atoms with van der Waals surface area (Å²) >= 11 is 0. The number of ether oxygens (including phenoxy) is 1. The van der Waals surface area contributed by atoms with Crippen LogP contribution in [-0.2, 0) is 16.0 Å². The predicted molar refractivity (Wildman–Crippen MR) is 108 cm³/mol. The van der Waals surface area contributed by atoms with Gasteiger partial charge < -0.3 is 10.1 Å². The SMILES string of the molecule is CCOC(=O)/C(C(C)=CCCc1ccccc1)=C(/C)Nc1ccccc1. The van der Waals surface area contributed by atoms with Crippen molar-refractivity contribution in [1.82, 2.24) is 0 Å². The molecule has 1 N–H and O–H groups in total. The van der Waals surface area contributed by atoms with Crippen molar-refractivity contribution in [1.29, 1.82) is 0 Å². The van der Waals surface area contributed by atoms with Crippen molar-refractivity contribution in [2.75, 3.05) is 11.9 Å². The van der Waals surface area contributed by atoms with Gasteiger partial charge in [0.25, 0.3) is 0 Å². The van der Waals surface area contributed by atoms with Gasteiger partial charge in [0, 0.05) is 11.4 Å². The third kappa shape index (κ3) is 5.92. The summed E-state index contributed by atoms with van der Waals surface area (Å²) in [5.74, 6) is -0.290. The Morgan fingerprint density at radius 1 is 1.00 bits per heavy atom. The van der Waals surface area contributed by atoms with E-state index in [2.05, 4.69) is 23.5 Å². The van der Waals surface area contributed by atoms with Crippen molar-refractivity contribution in [3.8, 4) is 0 Å². The second kappa shape index (κ2) is 10.2. The lowest BCUT2D eigenvalue weighted by Crippen LogP contribution is -2.14. The van der Waals surface area contributed by atoms with Gasteiger partial charge in [0.1, 0.15) is 0 Å². The molecule has 26 heavy (non-hydrogen) atoms. The maximum Gasteiger partial charge on any atom is 0.340 e. The quantitative estimate of drug-likeness (QED) is 0.388. The zero-order valence-corrected chi connectivity index (χ0v) is 15.8. The Balaban J connectivity index is 2.18. The highest BCUT2D eigenvalue weighted by molar-refractivity contribution is 5.94. The van der Waals surface area contributed by atoms with Gasteiger partial charge in [-0.25, -0.2) is 4.79 Å². The molecule has 0 saturated carbocycles. The molecule has 0 aliphatic rings. The molecule has 3 heteroatoms. The number of carbonyl (C=O) groups is 1. The second-order valence-electron chi connectivity index (χ2n) is 6.12. The second-order valence-corrected chi connectivity index (χ2v) is 6.12. The van der Waals surface area contributed by atoms with Crippen LogP contribution in [0.3, 0.4) is 0 Å². The molecule has 0 saturated heterocycles. The summed E-state index contributed by atoms with van der Waals surface area (Å²) in [7, 11) is 0. The summed E-state index contributed by atoms with van der Waals surface area (Å²) < 4.78 is 5.27. The van der Waals surface area contributed by atoms with E-state index in [1.54, 1.807) is 0 Å². The molecule has 2 rings (SSSR count). The van der Waals surface area contributed by atoms with Crippen LogP contribution in [0.4, 0.5) is 5.69 Å². The molecule has 2 aromatic rings. The fraction of sp³-hybridized carbons (Fsp3) is 0.261. The van der Waals surface area contributed by atoms with Crippen LogP contribution in [0, 0.1) is 0 Å². The molecular formula is C23H27NO2. The number of esters is 1. The Morgan fingerprint density at radius 3 is 2.23 bits per heavy atom. The van der Waals surface area contributed by atoms with Gasteiger partial charge in [-0.05, 0) is 56.9 Å². The van der Waals surface area contributed by atoms with Crippen molar-refractivity contribution in [2.24, 2.45) is 0 Å². The summed E-state index contributed by atoms with van der Waals surface area (Å²) in [6.45, 7) is 6.06. The topological polar surface area (TPSA) is 38.3 Å². The van der Waals surface area contributed by atoms with Crippen molar-refractivity contribution in [3.63, 3.8) is 0 Å². The lowest BCUT2D eigenvalue weighted by Gasteiger charge is -2.14. The molecule has 0 aromatic heterocycles. The van der Waals surface area contributed by atoms with E-state index in [1.807, 2.05) is 69.3 Å². The molecule has 2 aromatic carbocycles. The van der Waals surface area contributed by atoms with E-state index in [1.165, 1.54) is 5.56 Å². The lowest BCUT2D eigenvalue weighted by molar-refractivity contribution is -0.138. The molecule has 0 amide bonds. The van der Waals surface area contributed by atoms with Crippen LogP contribution in [0.1, 0.15) is 32.8 Å². The van der Waals surface area contributed by atoms with Crippen LogP contribution >= 0.6 is 0 Å². The molecular weight excluding hydrogens is 322 g/mol. The molecule has 0 unspecified atom stereocenters. The Morgan fingerprint density at radius 2 is 1.62 bits per heavy atom. The number of anilines is 1. The number of aryl methyl sites for hydroxylation is 1. The van der Waals surface area contributed by atoms with Gasteiger partial charge >= 0.3 is 5.97 Å². The normalized spacial score (nSPS) is 12.3. The Bertz CT molecular complexity index is 761. The van der Waals surface area contributed by atoms with E-state index in [0.29, 0.717) is 12.2 Å². The van der Waals surface area contributed by atoms with Crippen molar-refractivity contribution in [2.45, 2.75) is 33.6 Å². The van der Waals surface area contributed by atoms with E-state index >= 15 is 0 Å². The van der Waals surface area contributed by atoms with E-state index in [-0.39, 0.29) is 5.97 Å². The third-order valence-electron chi connectivity index (χ3n) is 4.08. The first-order chi connectivity index (χ1) is 12.6. The highest BCUT2D eigenvalue weighted by Crippen LogP contribution is 2.20. The number of rotatable bonds is 8. The monoisotopic (exact) mass is 349 g/mol. The molecule has 0 bridgehead atoms. The van der Waals surface area contributed by atoms with E-state index in [4.69, 9.17) is 4.74 Å². The molecule has 0 radical (unpaired) electrons. The van der Waals surface area contributed by atoms with Gasteiger partial charge in [0.2, 0.25) is 0 Å². The van der Waals surface area contributed by atoms with Crippen LogP contribution in [0.5, 0.6) is 0 Å². The van der Waals surface area contributed by atoms with Crippen LogP contribution in [0.25, 0.3) is 0 Å². The predicted octanol–water partition coefficient (Wildman–Crippen LogP) is 5.51. The standard InChI is InChI=1S/C23H27NO2/c1-4-26-23(25)22(19(3)24-21-16-9-6-10-17-21)18(2)12-11-15-20-13-7-5-8-14-20/h5-10,12-14,16-17,24H,4,11,15H2,1-3H3/b18-12?,22-19-. The first-order valence-corrected chi connectivity index (χ1v) is 9.03. The third-order valence-corrected chi connectivity index (χ3v) is 4.08. The van der Waals surface area contributed by atoms with E-state index < -0.39 is 0 Å². The number of hydrogen-bond acceptors (Lipinski definition) is 3. The minimum absolute atomic E-state index is 0.290. The van der Waals surface area contributed by atoms with Gasteiger partial charge in [0.05, 0.1) is 12.2 Å². The first kappa shape index (κ1) is 19.5. The maximum atomic E-state index is 12.5. The number of allylic oxidation sites excluding steroid dienone is 2. The molecule has 136 valence electrons. The minimum atomic E-state index is -0.290. The molecule has 0 fully saturated rings. The number of hydrogen-bond donors (Lipinski definition) is 1. The van der Waals surface area contributed by atoms with Crippen LogP contribution in [-0.4, -0.2) is 12.6 Å². The Kier molecular flexibility index (Phi) is 7.69. The molecule has 0 heterocycles. The Labute approximate surface area is 156 Å². The van der Waals surface area contributed by atoms with Gasteiger partial charge in [-0.2, -0.15) is 0 Å². The Hall–Kier alpha value is -2.81. The zero-order chi connectivity index (χ0) is 18.8. The lowest BCUT2D eigenvalue weighted by atomic mass is 10.0. The van der Waals surface area contributed by atoms with Gasteiger partial charge in [-0.3, -0.25) is 0 Å². The first-order valence-electron chi connectivity index (χ1n) is 9.03. The van der Waals surface area contributed by atoms with Gasteiger partial charge in [-0.1, -0.05) is 54.6 Å². The summed E-state index contributed by atoms with van der Waals surface area (Å²) in [4.78, 5) is 12.5. The van der Waals surface area contributed by atoms with E-state index in [0.717, 1.165) is 29.8 Å². The fourth-order valence-corrected chi connectivity index (χ4v) is 2.82. The zero-order valence-electron chi connectivity index (χ0n) is 15.8. The number of nitrogens with one attached hydrogen (secondary N) is 1. The smallest absolute Gasteiger partial charge is 0.340 e. The molecule has 0 spiro atoms. The van der Waals surface area contributed by atoms with Crippen LogP contribution < -0.4 is 5.32 Å². The highest BCUT2D eigenvalue weighted by atomic mass is 16.5. The number of carbonyl (C=O) groups excluding carboxylic acids is 1. The van der Waals surface area contributed by atoms with Crippen LogP contribution in [0.2, 0.25) is 0 Å². The van der Waals surface area contributed by atoms with Crippen LogP contribution in [0.15, 0.2) is 83.6 Å². The average molecular weight is 349 g/mol. The summed E-state index contributed by atoms with van der Waals surface area (Å²) in [5, 5.41) is 3.31. The van der Waals surface area contributed by atoms with Gasteiger partial charge in [-0.15, -0.1) is 0 Å². The number of benzene rings is 2. The van der Waals surface area contributed by atoms with Crippen molar-refractivity contribution < 1.29 is 9.53 Å². The molecule has 3 nitrogen and oxygen atoms in total. The molecule has 0 aliphatic carbocycles. The largest absolute Gasteiger partial charge is 0.462 e. The maximum absolute atomic E-state index is 12.5. The van der Waals surface area contributed by atoms with Crippen molar-refractivity contribution >= 4 is 11.7 Å². The fourth-order valence-electron chi connectivity index (χ4n) is 2.82. The summed E-state index contributed by atoms with van der Waals surface area (Å²) in [5.41, 5.74) is 4.56. The minimum Gasteiger partial charge on any atom is -0.462 e. The van der Waals surface area contributed by atoms with Gasteiger partial charge in [0.15, 0.2) is 0 Å². The number of para-hydroxylation sites is 1. The highest BCUT2D eigenvalue weighted by Gasteiger charge is 2.16. The van der Waals surface area contributed by atoms with E-state index in [9.17, 15) is 4.79 Å². The molecule has 0 aliphatic heterocycles. The van der Waals surface area contributed by atoms with Crippen molar-refractivity contribution in [3.05, 3.63) is 89.1 Å².